The molecule has 0 atom stereocenters. The number of anilines is 1. The van der Waals surface area contributed by atoms with Crippen molar-refractivity contribution in [1.82, 2.24) is 5.32 Å². The van der Waals surface area contributed by atoms with Crippen molar-refractivity contribution in [2.75, 3.05) is 18.6 Å². The minimum Gasteiger partial charge on any atom is -0.496 e. The first-order valence-electron chi connectivity index (χ1n) is 9.76. The summed E-state index contributed by atoms with van der Waals surface area (Å²) in [5.41, 5.74) is 4.57. The Bertz CT molecular complexity index is 889. The van der Waals surface area contributed by atoms with Crippen LogP contribution in [-0.4, -0.2) is 31.4 Å². The fourth-order valence-electron chi connectivity index (χ4n) is 3.74. The van der Waals surface area contributed by atoms with Crippen molar-refractivity contribution in [2.45, 2.75) is 46.2 Å². The highest BCUT2D eigenvalue weighted by atomic mass is 16.5. The Hall–Kier alpha value is -2.82. The average Bonchev–Trinajstić information content (AvgIpc) is 2.67. The van der Waals surface area contributed by atoms with Gasteiger partial charge in [-0.1, -0.05) is 6.07 Å². The Morgan fingerprint density at radius 3 is 2.68 bits per heavy atom. The van der Waals surface area contributed by atoms with Crippen molar-refractivity contribution in [1.29, 1.82) is 0 Å². The predicted molar refractivity (Wildman–Crippen MR) is 111 cm³/mol. The molecule has 2 aromatic carbocycles. The smallest absolute Gasteiger partial charge is 0.251 e. The third kappa shape index (κ3) is 4.19. The van der Waals surface area contributed by atoms with Gasteiger partial charge in [0, 0.05) is 41.5 Å². The summed E-state index contributed by atoms with van der Waals surface area (Å²) >= 11 is 0. The van der Waals surface area contributed by atoms with Crippen molar-refractivity contribution in [2.24, 2.45) is 0 Å². The molecule has 1 aliphatic rings. The highest BCUT2D eigenvalue weighted by molar-refractivity contribution is 5.97. The second kappa shape index (κ2) is 8.46. The van der Waals surface area contributed by atoms with Crippen LogP contribution in [0.5, 0.6) is 5.75 Å². The number of nitrogens with one attached hydrogen (secondary N) is 1. The summed E-state index contributed by atoms with van der Waals surface area (Å²) in [7, 11) is 1.64. The number of hydrogen-bond donors (Lipinski definition) is 1. The minimum absolute atomic E-state index is 0.0233. The van der Waals surface area contributed by atoms with Gasteiger partial charge in [-0.15, -0.1) is 0 Å². The van der Waals surface area contributed by atoms with Crippen LogP contribution in [-0.2, 0) is 13.0 Å². The van der Waals surface area contributed by atoms with Gasteiger partial charge in [0.1, 0.15) is 5.75 Å². The van der Waals surface area contributed by atoms with E-state index in [1.165, 1.54) is 0 Å². The number of amides is 1. The van der Waals surface area contributed by atoms with Crippen molar-refractivity contribution >= 4 is 17.4 Å². The number of carbonyl (C=O) groups is 2. The number of ketones is 1. The molecule has 148 valence electrons. The highest BCUT2D eigenvalue weighted by Gasteiger charge is 2.23. The van der Waals surface area contributed by atoms with Crippen LogP contribution in [0.2, 0.25) is 0 Å². The number of nitrogens with zero attached hydrogens (tertiary/aromatic N) is 1. The number of hydrogen-bond acceptors (Lipinski definition) is 4. The second-order valence-corrected chi connectivity index (χ2v) is 7.54. The second-order valence-electron chi connectivity index (χ2n) is 7.54. The molecular formula is C23H28N2O3. The van der Waals surface area contributed by atoms with Crippen LogP contribution in [0, 0.1) is 0 Å². The Labute approximate surface area is 166 Å². The number of fused-ring (bicyclic) bond motifs is 1. The molecule has 5 nitrogen and oxygen atoms in total. The van der Waals surface area contributed by atoms with Crippen LogP contribution in [0.25, 0.3) is 0 Å². The molecule has 0 saturated carbocycles. The molecule has 0 aromatic heterocycles. The molecule has 1 amide bonds. The normalized spacial score (nSPS) is 13.2. The lowest BCUT2D eigenvalue weighted by molar-refractivity contribution is 0.0941. The minimum atomic E-state index is -0.0233. The lowest BCUT2D eigenvalue weighted by atomic mass is 9.95. The summed E-state index contributed by atoms with van der Waals surface area (Å²) in [4.78, 5) is 26.7. The zero-order valence-electron chi connectivity index (χ0n) is 17.0. The van der Waals surface area contributed by atoms with Crippen LogP contribution in [0.15, 0.2) is 36.4 Å². The van der Waals surface area contributed by atoms with E-state index in [9.17, 15) is 9.59 Å². The van der Waals surface area contributed by atoms with Gasteiger partial charge in [0.15, 0.2) is 5.78 Å². The molecular weight excluding hydrogens is 352 g/mol. The van der Waals surface area contributed by atoms with E-state index in [4.69, 9.17) is 4.74 Å². The maximum Gasteiger partial charge on any atom is 0.251 e. The zero-order chi connectivity index (χ0) is 20.3. The van der Waals surface area contributed by atoms with Crippen molar-refractivity contribution in [3.8, 4) is 5.75 Å². The molecule has 1 N–H and O–H groups in total. The van der Waals surface area contributed by atoms with Gasteiger partial charge in [0.05, 0.1) is 7.11 Å². The summed E-state index contributed by atoms with van der Waals surface area (Å²) in [6.07, 6.45) is 1.87. The molecule has 5 heteroatoms. The zero-order valence-corrected chi connectivity index (χ0v) is 17.0. The van der Waals surface area contributed by atoms with Crippen molar-refractivity contribution < 1.29 is 14.3 Å². The monoisotopic (exact) mass is 380 g/mol. The van der Waals surface area contributed by atoms with Crippen LogP contribution in [0.4, 0.5) is 5.69 Å². The standard InChI is InChI=1S/C23H28N2O3/c1-15(2)24-23(27)20-7-5-9-21-19(20)8-6-12-25(21)14-18-13-17(16(3)26)10-11-22(18)28-4/h5,7,9-11,13,15H,6,8,12,14H2,1-4H3,(H,24,27). The molecule has 0 aliphatic carbocycles. The van der Waals surface area contributed by atoms with E-state index >= 15 is 0 Å². The van der Waals surface area contributed by atoms with Gasteiger partial charge in [-0.25, -0.2) is 0 Å². The Balaban J connectivity index is 1.94. The predicted octanol–water partition coefficient (Wildman–Crippen LogP) is 3.99. The number of ether oxygens (including phenoxy) is 1. The van der Waals surface area contributed by atoms with Crippen LogP contribution in [0.3, 0.4) is 0 Å². The average molecular weight is 380 g/mol. The van der Waals surface area contributed by atoms with E-state index in [0.717, 1.165) is 47.5 Å². The molecule has 1 heterocycles. The number of Topliss-reactive ketones (excluding diaryl/α,β-unsaturated/α-hetero) is 1. The summed E-state index contributed by atoms with van der Waals surface area (Å²) in [5, 5.41) is 3.00. The molecule has 28 heavy (non-hydrogen) atoms. The highest BCUT2D eigenvalue weighted by Crippen LogP contribution is 2.33. The van der Waals surface area contributed by atoms with Crippen LogP contribution >= 0.6 is 0 Å². The van der Waals surface area contributed by atoms with Gasteiger partial charge in [-0.3, -0.25) is 9.59 Å². The Morgan fingerprint density at radius 1 is 1.21 bits per heavy atom. The lowest BCUT2D eigenvalue weighted by Crippen LogP contribution is -2.34. The summed E-state index contributed by atoms with van der Waals surface area (Å²) in [5.74, 6) is 0.784. The number of methoxy groups -OCH3 is 1. The van der Waals surface area contributed by atoms with E-state index in [1.54, 1.807) is 20.1 Å². The topological polar surface area (TPSA) is 58.6 Å². The summed E-state index contributed by atoms with van der Waals surface area (Å²) in [6.45, 7) is 7.03. The van der Waals surface area contributed by atoms with E-state index in [-0.39, 0.29) is 17.7 Å². The molecule has 1 aliphatic heterocycles. The van der Waals surface area contributed by atoms with Gasteiger partial charge in [0.2, 0.25) is 0 Å². The molecule has 0 unspecified atom stereocenters. The number of carbonyl (C=O) groups excluding carboxylic acids is 2. The molecule has 0 saturated heterocycles. The first-order chi connectivity index (χ1) is 13.4. The van der Waals surface area contributed by atoms with Gasteiger partial charge in [-0.05, 0) is 69.5 Å². The van der Waals surface area contributed by atoms with Gasteiger partial charge < -0.3 is 15.0 Å². The van der Waals surface area contributed by atoms with Crippen molar-refractivity contribution in [3.63, 3.8) is 0 Å². The fraction of sp³-hybridized carbons (Fsp3) is 0.391. The van der Waals surface area contributed by atoms with Crippen LogP contribution in [0.1, 0.15) is 59.0 Å². The van der Waals surface area contributed by atoms with E-state index < -0.39 is 0 Å². The van der Waals surface area contributed by atoms with E-state index in [0.29, 0.717) is 12.1 Å². The Morgan fingerprint density at radius 2 is 2.00 bits per heavy atom. The van der Waals surface area contributed by atoms with Gasteiger partial charge in [-0.2, -0.15) is 0 Å². The molecule has 0 spiro atoms. The maximum atomic E-state index is 12.6. The SMILES string of the molecule is COc1ccc(C(C)=O)cc1CN1CCCc2c(C(=O)NC(C)C)cccc21. The first-order valence-corrected chi connectivity index (χ1v) is 9.76. The third-order valence-corrected chi connectivity index (χ3v) is 5.06. The van der Waals surface area contributed by atoms with E-state index in [2.05, 4.69) is 16.3 Å². The largest absolute Gasteiger partial charge is 0.496 e. The van der Waals surface area contributed by atoms with Gasteiger partial charge >= 0.3 is 0 Å². The van der Waals surface area contributed by atoms with Crippen LogP contribution < -0.4 is 15.0 Å². The number of benzene rings is 2. The summed E-state index contributed by atoms with van der Waals surface area (Å²) in [6, 6.07) is 11.6. The Kier molecular flexibility index (Phi) is 6.02. The molecule has 0 fully saturated rings. The van der Waals surface area contributed by atoms with E-state index in [1.807, 2.05) is 38.1 Å². The fourth-order valence-corrected chi connectivity index (χ4v) is 3.74. The van der Waals surface area contributed by atoms with Gasteiger partial charge in [0.25, 0.3) is 5.91 Å². The molecule has 0 radical (unpaired) electrons. The summed E-state index contributed by atoms with van der Waals surface area (Å²) < 4.78 is 5.51. The third-order valence-electron chi connectivity index (χ3n) is 5.06. The molecule has 2 aromatic rings. The first kappa shape index (κ1) is 19.9. The number of rotatable bonds is 6. The molecule has 0 bridgehead atoms. The maximum absolute atomic E-state index is 12.6. The quantitative estimate of drug-likeness (QED) is 0.770. The molecule has 3 rings (SSSR count). The lowest BCUT2D eigenvalue weighted by Gasteiger charge is -2.33. The van der Waals surface area contributed by atoms with Crippen molar-refractivity contribution in [3.05, 3.63) is 58.7 Å².